The van der Waals surface area contributed by atoms with Crippen LogP contribution >= 0.6 is 0 Å². The van der Waals surface area contributed by atoms with Crippen molar-refractivity contribution in [3.8, 4) is 0 Å². The number of rotatable bonds is 3. The van der Waals surface area contributed by atoms with Gasteiger partial charge < -0.3 is 4.79 Å². The molecule has 0 N–H and O–H groups in total. The second-order valence-corrected chi connectivity index (χ2v) is 4.06. The quantitative estimate of drug-likeness (QED) is 0.467. The van der Waals surface area contributed by atoms with Gasteiger partial charge >= 0.3 is 0 Å². The van der Waals surface area contributed by atoms with Gasteiger partial charge in [-0.1, -0.05) is 32.6 Å². The normalized spacial score (nSPS) is 31.1. The Hall–Kier alpha value is -0.330. The average molecular weight is 168 g/mol. The molecule has 1 aliphatic carbocycles. The van der Waals surface area contributed by atoms with Crippen molar-refractivity contribution in [1.29, 1.82) is 0 Å². The number of carbonyl (C=O) groups excluding carboxylic acids is 1. The summed E-state index contributed by atoms with van der Waals surface area (Å²) in [6, 6.07) is 0. The Bertz CT molecular complexity index is 131. The summed E-state index contributed by atoms with van der Waals surface area (Å²) in [5.41, 5.74) is 0. The van der Waals surface area contributed by atoms with Crippen LogP contribution in [0.25, 0.3) is 0 Å². The molecule has 1 heteroatoms. The van der Waals surface area contributed by atoms with Crippen molar-refractivity contribution in [3.05, 3.63) is 0 Å². The van der Waals surface area contributed by atoms with Crippen LogP contribution in [-0.4, -0.2) is 6.29 Å². The van der Waals surface area contributed by atoms with Crippen molar-refractivity contribution < 1.29 is 4.79 Å². The number of hydrogen-bond donors (Lipinski definition) is 0. The molecule has 0 bridgehead atoms. The lowest BCUT2D eigenvalue weighted by atomic mass is 9.95. The van der Waals surface area contributed by atoms with E-state index in [-0.39, 0.29) is 0 Å². The smallest absolute Gasteiger partial charge is 0.123 e. The fraction of sp³-hybridized carbons (Fsp3) is 0.909. The molecule has 1 nitrogen and oxygen atoms in total. The summed E-state index contributed by atoms with van der Waals surface area (Å²) in [7, 11) is 0. The van der Waals surface area contributed by atoms with Crippen molar-refractivity contribution in [2.75, 3.05) is 0 Å². The first-order valence-corrected chi connectivity index (χ1v) is 5.32. The lowest BCUT2D eigenvalue weighted by molar-refractivity contribution is -0.111. The molecular weight excluding hydrogens is 148 g/mol. The molecule has 0 aromatic carbocycles. The zero-order valence-corrected chi connectivity index (χ0v) is 8.09. The van der Waals surface area contributed by atoms with Gasteiger partial charge in [-0.3, -0.25) is 0 Å². The average Bonchev–Trinajstić information content (AvgIpc) is 2.31. The van der Waals surface area contributed by atoms with E-state index in [0.29, 0.717) is 5.92 Å². The van der Waals surface area contributed by atoms with Crippen molar-refractivity contribution in [1.82, 2.24) is 0 Å². The number of carbonyl (C=O) groups is 1. The molecule has 0 spiro atoms. The minimum Gasteiger partial charge on any atom is -0.303 e. The third-order valence-electron chi connectivity index (χ3n) is 3.02. The Labute approximate surface area is 75.5 Å². The first-order chi connectivity index (χ1) is 5.86. The van der Waals surface area contributed by atoms with Crippen LogP contribution in [0.15, 0.2) is 0 Å². The van der Waals surface area contributed by atoms with Gasteiger partial charge in [0.2, 0.25) is 0 Å². The lowest BCUT2D eigenvalue weighted by Gasteiger charge is -2.11. The van der Waals surface area contributed by atoms with Crippen LogP contribution < -0.4 is 0 Å². The third kappa shape index (κ3) is 2.96. The summed E-state index contributed by atoms with van der Waals surface area (Å²) in [6.45, 7) is 2.25. The molecule has 0 amide bonds. The van der Waals surface area contributed by atoms with Crippen molar-refractivity contribution in [2.45, 2.75) is 51.9 Å². The number of hydrogen-bond acceptors (Lipinski definition) is 1. The molecule has 0 aliphatic heterocycles. The van der Waals surface area contributed by atoms with Gasteiger partial charge in [-0.2, -0.15) is 0 Å². The number of aldehydes is 1. The molecule has 12 heavy (non-hydrogen) atoms. The van der Waals surface area contributed by atoms with E-state index in [2.05, 4.69) is 6.92 Å². The highest BCUT2D eigenvalue weighted by atomic mass is 16.1. The molecule has 1 aliphatic rings. The van der Waals surface area contributed by atoms with Crippen LogP contribution in [0.4, 0.5) is 0 Å². The Kier molecular flexibility index (Phi) is 4.34. The summed E-state index contributed by atoms with van der Waals surface area (Å²) in [4.78, 5) is 10.6. The van der Waals surface area contributed by atoms with E-state index in [0.717, 1.165) is 25.0 Å². The van der Waals surface area contributed by atoms with Gasteiger partial charge in [0.15, 0.2) is 0 Å². The third-order valence-corrected chi connectivity index (χ3v) is 3.02. The van der Waals surface area contributed by atoms with Crippen LogP contribution in [0.1, 0.15) is 51.9 Å². The van der Waals surface area contributed by atoms with E-state index in [1.807, 2.05) is 0 Å². The van der Waals surface area contributed by atoms with E-state index in [1.54, 1.807) is 0 Å². The topological polar surface area (TPSA) is 17.1 Å². The fourth-order valence-corrected chi connectivity index (χ4v) is 2.24. The predicted octanol–water partition coefficient (Wildman–Crippen LogP) is 3.18. The van der Waals surface area contributed by atoms with Crippen molar-refractivity contribution in [2.24, 2.45) is 11.8 Å². The Morgan fingerprint density at radius 3 is 2.75 bits per heavy atom. The van der Waals surface area contributed by atoms with Gasteiger partial charge in [0.05, 0.1) is 0 Å². The molecule has 0 radical (unpaired) electrons. The molecule has 1 saturated carbocycles. The molecule has 1 fully saturated rings. The van der Waals surface area contributed by atoms with E-state index < -0.39 is 0 Å². The first-order valence-electron chi connectivity index (χ1n) is 5.32. The molecular formula is C11H20O. The maximum atomic E-state index is 10.6. The van der Waals surface area contributed by atoms with Crippen LogP contribution in [-0.2, 0) is 4.79 Å². The van der Waals surface area contributed by atoms with E-state index in [1.165, 1.54) is 32.1 Å². The molecule has 0 saturated heterocycles. The second-order valence-electron chi connectivity index (χ2n) is 4.06. The summed E-state index contributed by atoms with van der Waals surface area (Å²) < 4.78 is 0. The molecule has 0 aromatic rings. The zero-order chi connectivity index (χ0) is 8.81. The summed E-state index contributed by atoms with van der Waals surface area (Å²) >= 11 is 0. The Morgan fingerprint density at radius 1 is 1.25 bits per heavy atom. The van der Waals surface area contributed by atoms with Gasteiger partial charge in [0, 0.05) is 5.92 Å². The van der Waals surface area contributed by atoms with Gasteiger partial charge in [-0.15, -0.1) is 0 Å². The minimum absolute atomic E-state index is 0.381. The van der Waals surface area contributed by atoms with Gasteiger partial charge in [-0.05, 0) is 25.2 Å². The highest BCUT2D eigenvalue weighted by molar-refractivity contribution is 5.53. The fourth-order valence-electron chi connectivity index (χ4n) is 2.24. The maximum Gasteiger partial charge on any atom is 0.123 e. The first kappa shape index (κ1) is 9.76. The van der Waals surface area contributed by atoms with Gasteiger partial charge in [-0.25, -0.2) is 0 Å². The lowest BCUT2D eigenvalue weighted by Crippen LogP contribution is -2.00. The van der Waals surface area contributed by atoms with Crippen molar-refractivity contribution >= 4 is 6.29 Å². The van der Waals surface area contributed by atoms with E-state index in [9.17, 15) is 4.79 Å². The van der Waals surface area contributed by atoms with Gasteiger partial charge in [0.1, 0.15) is 6.29 Å². The molecule has 70 valence electrons. The maximum absolute atomic E-state index is 10.6. The molecule has 1 rings (SSSR count). The van der Waals surface area contributed by atoms with Crippen LogP contribution in [0.5, 0.6) is 0 Å². The molecule has 0 heterocycles. The van der Waals surface area contributed by atoms with Crippen LogP contribution in [0.3, 0.4) is 0 Å². The molecule has 2 unspecified atom stereocenters. The highest BCUT2D eigenvalue weighted by Gasteiger charge is 2.17. The Balaban J connectivity index is 2.28. The standard InChI is InChI=1S/C11H20O/c1-2-4-10-5-3-6-11(9-12)8-7-10/h9-11H,2-8H2,1H3. The van der Waals surface area contributed by atoms with E-state index in [4.69, 9.17) is 0 Å². The molecule has 2 atom stereocenters. The van der Waals surface area contributed by atoms with Gasteiger partial charge in [0.25, 0.3) is 0 Å². The monoisotopic (exact) mass is 168 g/mol. The second kappa shape index (κ2) is 5.34. The largest absolute Gasteiger partial charge is 0.303 e. The predicted molar refractivity (Wildman–Crippen MR) is 51.0 cm³/mol. The summed E-state index contributed by atoms with van der Waals surface area (Å²) in [6.07, 6.45) is 10.0. The zero-order valence-electron chi connectivity index (χ0n) is 8.09. The highest BCUT2D eigenvalue weighted by Crippen LogP contribution is 2.28. The Morgan fingerprint density at radius 2 is 2.08 bits per heavy atom. The van der Waals surface area contributed by atoms with E-state index >= 15 is 0 Å². The SMILES string of the molecule is CCCC1CCCC(C=O)CC1. The van der Waals surface area contributed by atoms with Crippen LogP contribution in [0, 0.1) is 11.8 Å². The van der Waals surface area contributed by atoms with Crippen LogP contribution in [0.2, 0.25) is 0 Å². The summed E-state index contributed by atoms with van der Waals surface area (Å²) in [5, 5.41) is 0. The summed E-state index contributed by atoms with van der Waals surface area (Å²) in [5.74, 6) is 1.30. The molecule has 0 aromatic heterocycles. The van der Waals surface area contributed by atoms with Crippen molar-refractivity contribution in [3.63, 3.8) is 0 Å². The minimum atomic E-state index is 0.381.